The van der Waals surface area contributed by atoms with Crippen LogP contribution in [-0.2, 0) is 6.61 Å². The van der Waals surface area contributed by atoms with E-state index in [4.69, 9.17) is 22.1 Å². The zero-order valence-electron chi connectivity index (χ0n) is 8.74. The molecule has 2 rings (SSSR count). The van der Waals surface area contributed by atoms with Gasteiger partial charge < -0.3 is 10.5 Å². The third-order valence-electron chi connectivity index (χ3n) is 2.10. The fraction of sp³-hybridized carbons (Fsp3) is 0.182. The van der Waals surface area contributed by atoms with Gasteiger partial charge >= 0.3 is 0 Å². The number of nitrogens with two attached hydrogens (primary N) is 1. The van der Waals surface area contributed by atoms with E-state index in [1.807, 2.05) is 24.4 Å². The number of aromatic nitrogens is 1. The molecule has 0 aliphatic carbocycles. The standard InChI is InChI=1S/C11H11ClN2OS/c1-7-2-3-8(12)4-10(7)15-5-9-6-16-11(13)14-9/h2-4,6H,5H2,1H3,(H2,13,14). The minimum absolute atomic E-state index is 0.412. The lowest BCUT2D eigenvalue weighted by Crippen LogP contribution is -1.97. The molecule has 2 aromatic rings. The zero-order chi connectivity index (χ0) is 11.5. The van der Waals surface area contributed by atoms with Crippen molar-refractivity contribution in [1.82, 2.24) is 4.98 Å². The van der Waals surface area contributed by atoms with E-state index < -0.39 is 0 Å². The number of nitrogens with zero attached hydrogens (tertiary/aromatic N) is 1. The van der Waals surface area contributed by atoms with Gasteiger partial charge in [0.15, 0.2) is 5.13 Å². The van der Waals surface area contributed by atoms with Gasteiger partial charge in [-0.15, -0.1) is 11.3 Å². The van der Waals surface area contributed by atoms with Gasteiger partial charge in [-0.2, -0.15) is 0 Å². The Hall–Kier alpha value is -1.26. The van der Waals surface area contributed by atoms with Crippen LogP contribution in [0.3, 0.4) is 0 Å². The topological polar surface area (TPSA) is 48.1 Å². The van der Waals surface area contributed by atoms with Crippen molar-refractivity contribution < 1.29 is 4.74 Å². The molecule has 2 N–H and O–H groups in total. The first-order chi connectivity index (χ1) is 7.65. The molecule has 5 heteroatoms. The van der Waals surface area contributed by atoms with Crippen LogP contribution in [0.4, 0.5) is 5.13 Å². The maximum atomic E-state index is 5.89. The number of thiazole rings is 1. The molecular formula is C11H11ClN2OS. The fourth-order valence-electron chi connectivity index (χ4n) is 1.27. The third kappa shape index (κ3) is 2.65. The molecule has 0 radical (unpaired) electrons. The summed E-state index contributed by atoms with van der Waals surface area (Å²) in [7, 11) is 0. The summed E-state index contributed by atoms with van der Waals surface area (Å²) >= 11 is 7.30. The van der Waals surface area contributed by atoms with E-state index in [2.05, 4.69) is 4.98 Å². The van der Waals surface area contributed by atoms with Gasteiger partial charge in [0, 0.05) is 10.4 Å². The Morgan fingerprint density at radius 1 is 1.50 bits per heavy atom. The van der Waals surface area contributed by atoms with Crippen LogP contribution in [0.2, 0.25) is 5.02 Å². The molecule has 84 valence electrons. The summed E-state index contributed by atoms with van der Waals surface area (Å²) in [6.07, 6.45) is 0. The Bertz CT molecular complexity index is 498. The number of ether oxygens (including phenoxy) is 1. The summed E-state index contributed by atoms with van der Waals surface area (Å²) in [5, 5.41) is 3.11. The number of rotatable bonds is 3. The summed E-state index contributed by atoms with van der Waals surface area (Å²) in [6, 6.07) is 5.56. The Morgan fingerprint density at radius 2 is 2.31 bits per heavy atom. The van der Waals surface area contributed by atoms with Gasteiger partial charge in [-0.25, -0.2) is 4.98 Å². The number of nitrogen functional groups attached to an aromatic ring is 1. The van der Waals surface area contributed by atoms with Gasteiger partial charge in [0.25, 0.3) is 0 Å². The monoisotopic (exact) mass is 254 g/mol. The van der Waals surface area contributed by atoms with Crippen molar-refractivity contribution in [2.24, 2.45) is 0 Å². The first kappa shape index (κ1) is 11.2. The molecule has 0 amide bonds. The maximum Gasteiger partial charge on any atom is 0.180 e. The van der Waals surface area contributed by atoms with E-state index in [0.29, 0.717) is 16.8 Å². The molecule has 0 saturated carbocycles. The summed E-state index contributed by atoms with van der Waals surface area (Å²) in [5.74, 6) is 0.777. The van der Waals surface area contributed by atoms with Crippen molar-refractivity contribution in [3.8, 4) is 5.75 Å². The summed E-state index contributed by atoms with van der Waals surface area (Å²) in [6.45, 7) is 2.38. The largest absolute Gasteiger partial charge is 0.487 e. The molecule has 0 aliphatic rings. The third-order valence-corrected chi connectivity index (χ3v) is 3.05. The number of hydrogen-bond donors (Lipinski definition) is 1. The van der Waals surface area contributed by atoms with Gasteiger partial charge in [0.1, 0.15) is 12.4 Å². The Morgan fingerprint density at radius 3 is 3.00 bits per heavy atom. The van der Waals surface area contributed by atoms with Crippen LogP contribution in [-0.4, -0.2) is 4.98 Å². The highest BCUT2D eigenvalue weighted by molar-refractivity contribution is 7.13. The van der Waals surface area contributed by atoms with E-state index in [1.54, 1.807) is 6.07 Å². The van der Waals surface area contributed by atoms with E-state index in [1.165, 1.54) is 11.3 Å². The van der Waals surface area contributed by atoms with Crippen LogP contribution < -0.4 is 10.5 Å². The van der Waals surface area contributed by atoms with Crippen LogP contribution in [0.5, 0.6) is 5.75 Å². The van der Waals surface area contributed by atoms with Gasteiger partial charge in [-0.3, -0.25) is 0 Å². The number of anilines is 1. The molecule has 1 aromatic heterocycles. The Labute approximate surface area is 103 Å². The van der Waals surface area contributed by atoms with Crippen LogP contribution in [0, 0.1) is 6.92 Å². The zero-order valence-corrected chi connectivity index (χ0v) is 10.3. The number of aryl methyl sites for hydroxylation is 1. The van der Waals surface area contributed by atoms with Gasteiger partial charge in [0.2, 0.25) is 0 Å². The lowest BCUT2D eigenvalue weighted by molar-refractivity contribution is 0.300. The molecule has 0 bridgehead atoms. The fourth-order valence-corrected chi connectivity index (χ4v) is 1.98. The predicted molar refractivity (Wildman–Crippen MR) is 67.0 cm³/mol. The highest BCUT2D eigenvalue weighted by Gasteiger charge is 2.03. The van der Waals surface area contributed by atoms with Crippen LogP contribution in [0.25, 0.3) is 0 Å². The van der Waals surface area contributed by atoms with Gasteiger partial charge in [0.05, 0.1) is 5.69 Å². The molecule has 0 spiro atoms. The normalized spacial score (nSPS) is 10.4. The highest BCUT2D eigenvalue weighted by atomic mass is 35.5. The Kier molecular flexibility index (Phi) is 3.31. The SMILES string of the molecule is Cc1ccc(Cl)cc1OCc1csc(N)n1. The van der Waals surface area contributed by atoms with E-state index in [-0.39, 0.29) is 0 Å². The number of halogens is 1. The molecule has 1 heterocycles. The van der Waals surface area contributed by atoms with E-state index in [9.17, 15) is 0 Å². The van der Waals surface area contributed by atoms with Crippen LogP contribution in [0.1, 0.15) is 11.3 Å². The molecule has 0 saturated heterocycles. The lowest BCUT2D eigenvalue weighted by Gasteiger charge is -2.07. The van der Waals surface area contributed by atoms with Crippen molar-refractivity contribution in [2.45, 2.75) is 13.5 Å². The molecular weight excluding hydrogens is 244 g/mol. The predicted octanol–water partition coefficient (Wildman–Crippen LogP) is 3.27. The maximum absolute atomic E-state index is 5.89. The molecule has 1 aromatic carbocycles. The highest BCUT2D eigenvalue weighted by Crippen LogP contribution is 2.23. The van der Waals surface area contributed by atoms with Crippen molar-refractivity contribution in [3.63, 3.8) is 0 Å². The van der Waals surface area contributed by atoms with Crippen LogP contribution >= 0.6 is 22.9 Å². The number of hydrogen-bond acceptors (Lipinski definition) is 4. The van der Waals surface area contributed by atoms with Crippen molar-refractivity contribution >= 4 is 28.1 Å². The Balaban J connectivity index is 2.07. The minimum Gasteiger partial charge on any atom is -0.487 e. The minimum atomic E-state index is 0.412. The molecule has 0 fully saturated rings. The first-order valence-corrected chi connectivity index (χ1v) is 6.00. The van der Waals surface area contributed by atoms with Crippen molar-refractivity contribution in [3.05, 3.63) is 39.9 Å². The summed E-state index contributed by atoms with van der Waals surface area (Å²) in [4.78, 5) is 4.12. The quantitative estimate of drug-likeness (QED) is 0.915. The van der Waals surface area contributed by atoms with Crippen LogP contribution in [0.15, 0.2) is 23.6 Å². The number of benzene rings is 1. The van der Waals surface area contributed by atoms with Crippen molar-refractivity contribution in [2.75, 3.05) is 5.73 Å². The molecule has 3 nitrogen and oxygen atoms in total. The van der Waals surface area contributed by atoms with Crippen molar-refractivity contribution in [1.29, 1.82) is 0 Å². The summed E-state index contributed by atoms with van der Waals surface area (Å²) in [5.41, 5.74) is 7.42. The average Bonchev–Trinajstić information content (AvgIpc) is 2.66. The smallest absolute Gasteiger partial charge is 0.180 e. The second-order valence-electron chi connectivity index (χ2n) is 3.38. The second kappa shape index (κ2) is 4.72. The molecule has 16 heavy (non-hydrogen) atoms. The van der Waals surface area contributed by atoms with Gasteiger partial charge in [-0.05, 0) is 24.6 Å². The second-order valence-corrected chi connectivity index (χ2v) is 4.70. The lowest BCUT2D eigenvalue weighted by atomic mass is 10.2. The van der Waals surface area contributed by atoms with Gasteiger partial charge in [-0.1, -0.05) is 17.7 Å². The van der Waals surface area contributed by atoms with E-state index >= 15 is 0 Å². The molecule has 0 unspecified atom stereocenters. The summed E-state index contributed by atoms with van der Waals surface area (Å²) < 4.78 is 5.62. The molecule has 0 aliphatic heterocycles. The molecule has 0 atom stereocenters. The first-order valence-electron chi connectivity index (χ1n) is 4.74. The average molecular weight is 255 g/mol. The van der Waals surface area contributed by atoms with E-state index in [0.717, 1.165) is 17.0 Å².